The van der Waals surface area contributed by atoms with E-state index in [0.717, 1.165) is 35.4 Å². The van der Waals surface area contributed by atoms with Gasteiger partial charge in [0, 0.05) is 11.3 Å². The number of hydrogen-bond acceptors (Lipinski definition) is 3. The number of hydrogen-bond donors (Lipinski definition) is 2. The Morgan fingerprint density at radius 3 is 3.00 bits per heavy atom. The molecule has 1 aromatic carbocycles. The zero-order valence-corrected chi connectivity index (χ0v) is 12.8. The van der Waals surface area contributed by atoms with Gasteiger partial charge >= 0.3 is 0 Å². The fourth-order valence-electron chi connectivity index (χ4n) is 2.20. The van der Waals surface area contributed by atoms with Crippen LogP contribution in [0.1, 0.15) is 30.9 Å². The molecule has 1 heterocycles. The van der Waals surface area contributed by atoms with Crippen molar-refractivity contribution in [2.45, 2.75) is 31.4 Å². The molecule has 1 aromatic rings. The van der Waals surface area contributed by atoms with Crippen molar-refractivity contribution in [1.29, 1.82) is 0 Å². The van der Waals surface area contributed by atoms with Gasteiger partial charge in [0.15, 0.2) is 0 Å². The van der Waals surface area contributed by atoms with Crippen molar-refractivity contribution in [2.75, 3.05) is 17.6 Å². The van der Waals surface area contributed by atoms with Gasteiger partial charge < -0.3 is 11.1 Å². The van der Waals surface area contributed by atoms with E-state index in [1.807, 2.05) is 32.0 Å². The van der Waals surface area contributed by atoms with Gasteiger partial charge in [-0.05, 0) is 50.1 Å². The van der Waals surface area contributed by atoms with Crippen molar-refractivity contribution >= 4 is 23.4 Å². The minimum Gasteiger partial charge on any atom is -0.325 e. The maximum atomic E-state index is 12.4. The van der Waals surface area contributed by atoms with Crippen LogP contribution in [0.15, 0.2) is 18.2 Å². The molecular formula is C16H20N2OS. The molecule has 1 aliphatic rings. The Balaban J connectivity index is 2.18. The topological polar surface area (TPSA) is 55.1 Å². The van der Waals surface area contributed by atoms with Crippen LogP contribution in [0.3, 0.4) is 0 Å². The van der Waals surface area contributed by atoms with Crippen LogP contribution < -0.4 is 11.1 Å². The fourth-order valence-corrected chi connectivity index (χ4v) is 3.41. The number of amides is 1. The van der Waals surface area contributed by atoms with E-state index in [0.29, 0.717) is 6.54 Å². The lowest BCUT2D eigenvalue weighted by Crippen LogP contribution is -2.34. The third-order valence-electron chi connectivity index (χ3n) is 3.52. The maximum Gasteiger partial charge on any atom is 0.240 e. The summed E-state index contributed by atoms with van der Waals surface area (Å²) in [4.78, 5) is 12.4. The lowest BCUT2D eigenvalue weighted by atomic mass is 10.0. The van der Waals surface area contributed by atoms with Crippen LogP contribution in [0.25, 0.3) is 0 Å². The van der Waals surface area contributed by atoms with Gasteiger partial charge in [0.05, 0.1) is 11.3 Å². The third-order valence-corrected chi connectivity index (χ3v) is 5.04. The molecule has 0 radical (unpaired) electrons. The number of carbonyl (C=O) groups excluding carboxylic acids is 1. The molecule has 3 N–H and O–H groups in total. The summed E-state index contributed by atoms with van der Waals surface area (Å²) in [7, 11) is 0. The summed E-state index contributed by atoms with van der Waals surface area (Å²) in [6, 6.07) is 5.83. The first-order chi connectivity index (χ1) is 9.55. The second kappa shape index (κ2) is 6.34. The highest BCUT2D eigenvalue weighted by molar-refractivity contribution is 8.01. The molecule has 4 heteroatoms. The Labute approximate surface area is 124 Å². The van der Waals surface area contributed by atoms with Crippen LogP contribution in [0.5, 0.6) is 0 Å². The molecule has 1 saturated heterocycles. The summed E-state index contributed by atoms with van der Waals surface area (Å²) >= 11 is 1.74. The van der Waals surface area contributed by atoms with Gasteiger partial charge in [0.2, 0.25) is 5.91 Å². The lowest BCUT2D eigenvalue weighted by Gasteiger charge is -2.22. The highest BCUT2D eigenvalue weighted by Crippen LogP contribution is 2.38. The van der Waals surface area contributed by atoms with E-state index in [-0.39, 0.29) is 10.7 Å². The second-order valence-corrected chi connectivity index (χ2v) is 6.77. The molecule has 0 bridgehead atoms. The maximum absolute atomic E-state index is 12.4. The van der Waals surface area contributed by atoms with Crippen LogP contribution >= 0.6 is 11.8 Å². The standard InChI is InChI=1S/C16H20N2OS/c1-12-6-7-13(5-3-9-17)11-14(12)18-15(19)16(2)8-4-10-20-16/h6-7,11H,4,8-10,17H2,1-2H3,(H,18,19). The van der Waals surface area contributed by atoms with Crippen LogP contribution in [-0.2, 0) is 4.79 Å². The van der Waals surface area contributed by atoms with Crippen molar-refractivity contribution < 1.29 is 4.79 Å². The van der Waals surface area contributed by atoms with Gasteiger partial charge in [0.25, 0.3) is 0 Å². The number of anilines is 1. The summed E-state index contributed by atoms with van der Waals surface area (Å²) in [5.74, 6) is 6.97. The molecule has 1 amide bonds. The minimum atomic E-state index is -0.300. The van der Waals surface area contributed by atoms with Gasteiger partial charge in [-0.3, -0.25) is 4.79 Å². The zero-order valence-electron chi connectivity index (χ0n) is 12.0. The molecule has 0 aromatic heterocycles. The SMILES string of the molecule is Cc1ccc(C#CCN)cc1NC(=O)C1(C)CCCS1. The third kappa shape index (κ3) is 3.36. The molecule has 1 fully saturated rings. The molecule has 2 rings (SSSR count). The number of thioether (sulfide) groups is 1. The largest absolute Gasteiger partial charge is 0.325 e. The first-order valence-electron chi connectivity index (χ1n) is 6.80. The molecule has 0 aliphatic carbocycles. The Kier molecular flexibility index (Phi) is 4.74. The van der Waals surface area contributed by atoms with E-state index in [1.54, 1.807) is 11.8 Å². The molecular weight excluding hydrogens is 268 g/mol. The number of benzene rings is 1. The van der Waals surface area contributed by atoms with Crippen LogP contribution in [-0.4, -0.2) is 23.0 Å². The summed E-state index contributed by atoms with van der Waals surface area (Å²) in [6.07, 6.45) is 2.05. The molecule has 0 saturated carbocycles. The number of nitrogens with two attached hydrogens (primary N) is 1. The smallest absolute Gasteiger partial charge is 0.240 e. The molecule has 106 valence electrons. The monoisotopic (exact) mass is 288 g/mol. The molecule has 1 atom stereocenters. The molecule has 1 unspecified atom stereocenters. The molecule has 3 nitrogen and oxygen atoms in total. The Morgan fingerprint density at radius 1 is 1.55 bits per heavy atom. The normalized spacial score (nSPS) is 21.1. The first-order valence-corrected chi connectivity index (χ1v) is 7.79. The Hall–Kier alpha value is -1.44. The Morgan fingerprint density at radius 2 is 2.35 bits per heavy atom. The highest BCUT2D eigenvalue weighted by Gasteiger charge is 2.37. The van der Waals surface area contributed by atoms with E-state index >= 15 is 0 Å². The summed E-state index contributed by atoms with van der Waals surface area (Å²) in [6.45, 7) is 4.34. The summed E-state index contributed by atoms with van der Waals surface area (Å²) in [5, 5.41) is 3.05. The first kappa shape index (κ1) is 15.0. The fraction of sp³-hybridized carbons (Fsp3) is 0.438. The Bertz CT molecular complexity index is 566. The number of rotatable bonds is 2. The lowest BCUT2D eigenvalue weighted by molar-refractivity contribution is -0.118. The van der Waals surface area contributed by atoms with E-state index in [2.05, 4.69) is 17.2 Å². The van der Waals surface area contributed by atoms with Crippen molar-refractivity contribution in [1.82, 2.24) is 0 Å². The van der Waals surface area contributed by atoms with Gasteiger partial charge in [-0.2, -0.15) is 0 Å². The van der Waals surface area contributed by atoms with Gasteiger partial charge in [-0.25, -0.2) is 0 Å². The second-order valence-electron chi connectivity index (χ2n) is 5.17. The van der Waals surface area contributed by atoms with Crippen molar-refractivity contribution in [3.05, 3.63) is 29.3 Å². The van der Waals surface area contributed by atoms with Gasteiger partial charge in [0.1, 0.15) is 0 Å². The van der Waals surface area contributed by atoms with Crippen molar-refractivity contribution in [2.24, 2.45) is 5.73 Å². The molecule has 20 heavy (non-hydrogen) atoms. The van der Waals surface area contributed by atoms with E-state index in [9.17, 15) is 4.79 Å². The van der Waals surface area contributed by atoms with Crippen LogP contribution in [0.4, 0.5) is 5.69 Å². The molecule has 1 aliphatic heterocycles. The predicted molar refractivity (Wildman–Crippen MR) is 85.8 cm³/mol. The average Bonchev–Trinajstić information content (AvgIpc) is 2.88. The van der Waals surface area contributed by atoms with Gasteiger partial charge in [-0.15, -0.1) is 11.8 Å². The number of nitrogens with one attached hydrogen (secondary N) is 1. The van der Waals surface area contributed by atoms with Crippen LogP contribution in [0, 0.1) is 18.8 Å². The highest BCUT2D eigenvalue weighted by atomic mass is 32.2. The van der Waals surface area contributed by atoms with Crippen LogP contribution in [0.2, 0.25) is 0 Å². The van der Waals surface area contributed by atoms with E-state index in [1.165, 1.54) is 0 Å². The van der Waals surface area contributed by atoms with E-state index in [4.69, 9.17) is 5.73 Å². The summed E-state index contributed by atoms with van der Waals surface area (Å²) < 4.78 is -0.300. The zero-order chi connectivity index (χ0) is 14.6. The number of carbonyl (C=O) groups is 1. The average molecular weight is 288 g/mol. The van der Waals surface area contributed by atoms with E-state index < -0.39 is 0 Å². The van der Waals surface area contributed by atoms with Crippen molar-refractivity contribution in [3.63, 3.8) is 0 Å². The van der Waals surface area contributed by atoms with Crippen molar-refractivity contribution in [3.8, 4) is 11.8 Å². The quantitative estimate of drug-likeness (QED) is 0.822. The minimum absolute atomic E-state index is 0.0898. The summed E-state index contributed by atoms with van der Waals surface area (Å²) in [5.41, 5.74) is 8.14. The number of aryl methyl sites for hydroxylation is 1. The van der Waals surface area contributed by atoms with Gasteiger partial charge in [-0.1, -0.05) is 17.9 Å². The molecule has 0 spiro atoms. The predicted octanol–water partition coefficient (Wildman–Crippen LogP) is 2.53.